The monoisotopic (exact) mass is 318 g/mol. The van der Waals surface area contributed by atoms with Crippen LogP contribution in [0.2, 0.25) is 0 Å². The van der Waals surface area contributed by atoms with Crippen LogP contribution in [0, 0.1) is 16.0 Å². The molecule has 5 nitrogen and oxygen atoms in total. The first kappa shape index (κ1) is 16.5. The van der Waals surface area contributed by atoms with Gasteiger partial charge in [0.05, 0.1) is 11.0 Å². The lowest BCUT2D eigenvalue weighted by molar-refractivity contribution is -0.388. The van der Waals surface area contributed by atoms with Crippen LogP contribution < -0.4 is 4.90 Å². The first-order valence-electron chi connectivity index (χ1n) is 6.87. The Kier molecular flexibility index (Phi) is 4.60. The third-order valence-electron chi connectivity index (χ3n) is 4.04. The van der Waals surface area contributed by atoms with Gasteiger partial charge < -0.3 is 9.64 Å². The van der Waals surface area contributed by atoms with Crippen molar-refractivity contribution in [3.8, 4) is 0 Å². The van der Waals surface area contributed by atoms with Gasteiger partial charge in [0.1, 0.15) is 5.56 Å². The van der Waals surface area contributed by atoms with E-state index in [4.69, 9.17) is 4.74 Å². The number of nitrogens with zero attached hydrogens (tertiary/aromatic N) is 2. The molecular weight excluding hydrogens is 301 g/mol. The number of nitro benzene ring substituents is 1. The minimum Gasteiger partial charge on any atom is -0.379 e. The van der Waals surface area contributed by atoms with Crippen LogP contribution in [0.4, 0.5) is 24.5 Å². The van der Waals surface area contributed by atoms with E-state index >= 15 is 0 Å². The fraction of sp³-hybridized carbons (Fsp3) is 0.571. The van der Waals surface area contributed by atoms with Gasteiger partial charge in [-0.15, -0.1) is 0 Å². The topological polar surface area (TPSA) is 55.6 Å². The first-order chi connectivity index (χ1) is 10.2. The number of anilines is 1. The number of piperidine rings is 1. The molecule has 1 saturated heterocycles. The standard InChI is InChI=1S/C14H17F3N2O3/c1-9-5-6-18(8-13(9)22-2)10-3-4-12(19(20)21)11(7-10)14(15,16)17/h3-4,7,9,13H,5-6,8H2,1-2H3. The summed E-state index contributed by atoms with van der Waals surface area (Å²) < 4.78 is 44.4. The number of benzene rings is 1. The van der Waals surface area contributed by atoms with Crippen LogP contribution in [-0.4, -0.2) is 31.2 Å². The average Bonchev–Trinajstić information content (AvgIpc) is 2.46. The number of rotatable bonds is 3. The molecule has 0 aromatic heterocycles. The highest BCUT2D eigenvalue weighted by Gasteiger charge is 2.39. The zero-order chi connectivity index (χ0) is 16.5. The van der Waals surface area contributed by atoms with Gasteiger partial charge in [-0.25, -0.2) is 0 Å². The van der Waals surface area contributed by atoms with Crippen molar-refractivity contribution in [1.82, 2.24) is 0 Å². The Bertz CT molecular complexity index is 563. The smallest absolute Gasteiger partial charge is 0.379 e. The number of nitro groups is 1. The number of halogens is 3. The summed E-state index contributed by atoms with van der Waals surface area (Å²) in [4.78, 5) is 11.5. The summed E-state index contributed by atoms with van der Waals surface area (Å²) in [5, 5.41) is 10.8. The van der Waals surface area contributed by atoms with Crippen molar-refractivity contribution in [3.05, 3.63) is 33.9 Å². The fourth-order valence-corrected chi connectivity index (χ4v) is 2.68. The van der Waals surface area contributed by atoms with E-state index in [0.717, 1.165) is 18.6 Å². The van der Waals surface area contributed by atoms with Gasteiger partial charge in [0.25, 0.3) is 5.69 Å². The molecule has 2 atom stereocenters. The molecule has 2 rings (SSSR count). The van der Waals surface area contributed by atoms with Gasteiger partial charge in [-0.2, -0.15) is 13.2 Å². The zero-order valence-electron chi connectivity index (χ0n) is 12.3. The van der Waals surface area contributed by atoms with Gasteiger partial charge >= 0.3 is 6.18 Å². The van der Waals surface area contributed by atoms with E-state index in [-0.39, 0.29) is 6.10 Å². The van der Waals surface area contributed by atoms with Gasteiger partial charge in [0.2, 0.25) is 0 Å². The molecule has 1 aliphatic rings. The van der Waals surface area contributed by atoms with Gasteiger partial charge in [-0.1, -0.05) is 6.92 Å². The van der Waals surface area contributed by atoms with Crippen molar-refractivity contribution < 1.29 is 22.8 Å². The molecule has 1 aromatic carbocycles. The summed E-state index contributed by atoms with van der Waals surface area (Å²) in [5.41, 5.74) is -1.82. The highest BCUT2D eigenvalue weighted by molar-refractivity contribution is 5.57. The quantitative estimate of drug-likeness (QED) is 0.632. The largest absolute Gasteiger partial charge is 0.423 e. The highest BCUT2D eigenvalue weighted by atomic mass is 19.4. The maximum Gasteiger partial charge on any atom is 0.423 e. The molecule has 1 aromatic rings. The lowest BCUT2D eigenvalue weighted by atomic mass is 9.95. The van der Waals surface area contributed by atoms with E-state index in [1.54, 1.807) is 12.0 Å². The van der Waals surface area contributed by atoms with Crippen LogP contribution in [-0.2, 0) is 10.9 Å². The molecule has 122 valence electrons. The fourth-order valence-electron chi connectivity index (χ4n) is 2.68. The van der Waals surface area contributed by atoms with Crippen LogP contribution in [0.1, 0.15) is 18.9 Å². The molecule has 0 radical (unpaired) electrons. The summed E-state index contributed by atoms with van der Waals surface area (Å²) >= 11 is 0. The molecule has 8 heteroatoms. The van der Waals surface area contributed by atoms with E-state index in [1.165, 1.54) is 6.07 Å². The van der Waals surface area contributed by atoms with E-state index in [0.29, 0.717) is 24.7 Å². The van der Waals surface area contributed by atoms with Crippen LogP contribution in [0.25, 0.3) is 0 Å². The first-order valence-corrected chi connectivity index (χ1v) is 6.87. The molecule has 1 heterocycles. The molecule has 0 saturated carbocycles. The zero-order valence-corrected chi connectivity index (χ0v) is 12.3. The number of hydrogen-bond acceptors (Lipinski definition) is 4. The molecule has 22 heavy (non-hydrogen) atoms. The van der Waals surface area contributed by atoms with Crippen LogP contribution in [0.5, 0.6) is 0 Å². The predicted octanol–water partition coefficient (Wildman–Crippen LogP) is 3.47. The van der Waals surface area contributed by atoms with Gasteiger partial charge in [0.15, 0.2) is 0 Å². The average molecular weight is 318 g/mol. The van der Waals surface area contributed by atoms with E-state index in [1.807, 2.05) is 6.92 Å². The Hall–Kier alpha value is -1.83. The van der Waals surface area contributed by atoms with E-state index in [9.17, 15) is 23.3 Å². The van der Waals surface area contributed by atoms with E-state index < -0.39 is 22.4 Å². The normalized spacial score (nSPS) is 22.7. The Morgan fingerprint density at radius 3 is 2.64 bits per heavy atom. The number of hydrogen-bond donors (Lipinski definition) is 0. The minimum absolute atomic E-state index is 0.0710. The maximum atomic E-state index is 13.0. The highest BCUT2D eigenvalue weighted by Crippen LogP contribution is 2.39. The third-order valence-corrected chi connectivity index (χ3v) is 4.04. The lowest BCUT2D eigenvalue weighted by Gasteiger charge is -2.37. The molecule has 0 amide bonds. The summed E-state index contributed by atoms with van der Waals surface area (Å²) in [7, 11) is 1.57. The Morgan fingerprint density at radius 2 is 2.09 bits per heavy atom. The van der Waals surface area contributed by atoms with Crippen molar-refractivity contribution in [2.45, 2.75) is 25.6 Å². The molecule has 0 N–H and O–H groups in total. The van der Waals surface area contributed by atoms with Crippen molar-refractivity contribution in [2.75, 3.05) is 25.1 Å². The summed E-state index contributed by atoms with van der Waals surface area (Å²) in [6, 6.07) is 3.12. The van der Waals surface area contributed by atoms with Crippen molar-refractivity contribution in [2.24, 2.45) is 5.92 Å². The van der Waals surface area contributed by atoms with Gasteiger partial charge in [0, 0.05) is 32.0 Å². The molecule has 1 aliphatic heterocycles. The molecule has 0 spiro atoms. The molecular formula is C14H17F3N2O3. The Morgan fingerprint density at radius 1 is 1.41 bits per heavy atom. The molecule has 1 fully saturated rings. The molecule has 2 unspecified atom stereocenters. The lowest BCUT2D eigenvalue weighted by Crippen LogP contribution is -2.44. The Balaban J connectivity index is 2.35. The number of methoxy groups -OCH3 is 1. The van der Waals surface area contributed by atoms with Crippen molar-refractivity contribution in [1.29, 1.82) is 0 Å². The second-order valence-corrected chi connectivity index (χ2v) is 5.44. The Labute approximate surface area is 125 Å². The maximum absolute atomic E-state index is 13.0. The molecule has 0 aliphatic carbocycles. The van der Waals surface area contributed by atoms with E-state index in [2.05, 4.69) is 0 Å². The SMILES string of the molecule is COC1CN(c2ccc([N+](=O)[O-])c(C(F)(F)F)c2)CCC1C. The van der Waals surface area contributed by atoms with Crippen LogP contribution >= 0.6 is 0 Å². The van der Waals surface area contributed by atoms with Crippen LogP contribution in [0.3, 0.4) is 0 Å². The van der Waals surface area contributed by atoms with Crippen molar-refractivity contribution in [3.63, 3.8) is 0 Å². The minimum atomic E-state index is -4.76. The third kappa shape index (κ3) is 3.32. The summed E-state index contributed by atoms with van der Waals surface area (Å²) in [6.07, 6.45) is -4.04. The predicted molar refractivity (Wildman–Crippen MR) is 74.9 cm³/mol. The van der Waals surface area contributed by atoms with Gasteiger partial charge in [-0.05, 0) is 24.5 Å². The summed E-state index contributed by atoms with van der Waals surface area (Å²) in [6.45, 7) is 3.09. The van der Waals surface area contributed by atoms with Gasteiger partial charge in [-0.3, -0.25) is 10.1 Å². The number of ether oxygens (including phenoxy) is 1. The van der Waals surface area contributed by atoms with Crippen LogP contribution in [0.15, 0.2) is 18.2 Å². The second kappa shape index (κ2) is 6.12. The summed E-state index contributed by atoms with van der Waals surface area (Å²) in [5.74, 6) is 0.321. The molecule has 0 bridgehead atoms. The van der Waals surface area contributed by atoms with Crippen molar-refractivity contribution >= 4 is 11.4 Å². The number of alkyl halides is 3. The second-order valence-electron chi connectivity index (χ2n) is 5.44.